The maximum atomic E-state index is 12.9. The second-order valence-electron chi connectivity index (χ2n) is 4.04. The Morgan fingerprint density at radius 1 is 1.24 bits per heavy atom. The molecule has 17 heavy (non-hydrogen) atoms. The summed E-state index contributed by atoms with van der Waals surface area (Å²) in [6.07, 6.45) is -5.19. The molecule has 1 saturated carbocycles. The highest BCUT2D eigenvalue weighted by Gasteiger charge is 2.70. The number of hydrogen-bond donors (Lipinski definition) is 1. The number of benzene rings is 1. The molecule has 7 heteroatoms. The number of rotatable bonds is 1. The van der Waals surface area contributed by atoms with Gasteiger partial charge in [-0.3, -0.25) is 0 Å². The average Bonchev–Trinajstić information content (AvgIpc) is 2.65. The van der Waals surface area contributed by atoms with E-state index in [9.17, 15) is 22.0 Å². The van der Waals surface area contributed by atoms with Crippen molar-refractivity contribution in [2.24, 2.45) is 5.73 Å². The highest BCUT2D eigenvalue weighted by Crippen LogP contribution is 2.58. The van der Waals surface area contributed by atoms with Crippen LogP contribution in [0.25, 0.3) is 0 Å². The van der Waals surface area contributed by atoms with Gasteiger partial charge in [0.2, 0.25) is 0 Å². The number of nitrogens with two attached hydrogens (primary N) is 1. The van der Waals surface area contributed by atoms with Crippen LogP contribution in [0.2, 0.25) is 5.02 Å². The van der Waals surface area contributed by atoms with Crippen molar-refractivity contribution in [1.29, 1.82) is 0 Å². The maximum absolute atomic E-state index is 12.9. The Hall–Kier alpha value is -0.880. The van der Waals surface area contributed by atoms with Gasteiger partial charge in [0.15, 0.2) is 0 Å². The molecule has 0 spiro atoms. The fourth-order valence-electron chi connectivity index (χ4n) is 1.64. The van der Waals surface area contributed by atoms with Crippen molar-refractivity contribution >= 4 is 11.6 Å². The van der Waals surface area contributed by atoms with Crippen LogP contribution in [0.5, 0.6) is 0 Å². The van der Waals surface area contributed by atoms with Gasteiger partial charge in [-0.1, -0.05) is 17.7 Å². The quantitative estimate of drug-likeness (QED) is 0.777. The van der Waals surface area contributed by atoms with Gasteiger partial charge in [-0.2, -0.15) is 13.2 Å². The van der Waals surface area contributed by atoms with E-state index in [0.717, 1.165) is 12.1 Å². The van der Waals surface area contributed by atoms with E-state index in [1.54, 1.807) is 0 Å². The Kier molecular flexibility index (Phi) is 2.46. The van der Waals surface area contributed by atoms with Crippen molar-refractivity contribution in [3.05, 3.63) is 34.3 Å². The SMILES string of the molecule is NC1(c2ccc(C(F)(F)F)c(Cl)c2)CC1(F)F. The Labute approximate surface area is 98.4 Å². The molecule has 94 valence electrons. The molecular formula is C10H7ClF5N. The molecule has 0 aromatic heterocycles. The summed E-state index contributed by atoms with van der Waals surface area (Å²) in [6.45, 7) is 0. The molecule has 0 aliphatic heterocycles. The van der Waals surface area contributed by atoms with E-state index in [2.05, 4.69) is 0 Å². The molecule has 1 fully saturated rings. The lowest BCUT2D eigenvalue weighted by atomic mass is 10.0. The van der Waals surface area contributed by atoms with E-state index in [4.69, 9.17) is 17.3 Å². The summed E-state index contributed by atoms with van der Waals surface area (Å²) in [7, 11) is 0. The molecule has 1 aromatic carbocycles. The van der Waals surface area contributed by atoms with Crippen molar-refractivity contribution in [3.63, 3.8) is 0 Å². The lowest BCUT2D eigenvalue weighted by Crippen LogP contribution is -2.27. The third-order valence-electron chi connectivity index (χ3n) is 2.82. The summed E-state index contributed by atoms with van der Waals surface area (Å²) in [5, 5.41) is -0.623. The van der Waals surface area contributed by atoms with Crippen LogP contribution >= 0.6 is 11.6 Å². The number of hydrogen-bond acceptors (Lipinski definition) is 1. The summed E-state index contributed by atoms with van der Waals surface area (Å²) < 4.78 is 63.0. The minimum Gasteiger partial charge on any atom is -0.316 e. The maximum Gasteiger partial charge on any atom is 0.417 e. The van der Waals surface area contributed by atoms with E-state index in [-0.39, 0.29) is 5.56 Å². The molecule has 2 rings (SSSR count). The molecule has 0 bridgehead atoms. The van der Waals surface area contributed by atoms with Crippen molar-refractivity contribution in [1.82, 2.24) is 0 Å². The van der Waals surface area contributed by atoms with Gasteiger partial charge in [-0.15, -0.1) is 0 Å². The number of alkyl halides is 5. The third kappa shape index (κ3) is 1.89. The predicted molar refractivity (Wildman–Crippen MR) is 51.9 cm³/mol. The second-order valence-corrected chi connectivity index (χ2v) is 4.45. The molecular weight excluding hydrogens is 265 g/mol. The van der Waals surface area contributed by atoms with E-state index >= 15 is 0 Å². The van der Waals surface area contributed by atoms with Crippen molar-refractivity contribution < 1.29 is 22.0 Å². The van der Waals surface area contributed by atoms with Crippen LogP contribution in [0.3, 0.4) is 0 Å². The topological polar surface area (TPSA) is 26.0 Å². The van der Waals surface area contributed by atoms with Gasteiger partial charge >= 0.3 is 6.18 Å². The first-order valence-corrected chi connectivity index (χ1v) is 5.00. The van der Waals surface area contributed by atoms with Crippen LogP contribution < -0.4 is 5.73 Å². The van der Waals surface area contributed by atoms with E-state index in [1.165, 1.54) is 0 Å². The molecule has 1 aliphatic carbocycles. The highest BCUT2D eigenvalue weighted by atomic mass is 35.5. The molecule has 0 saturated heterocycles. The first kappa shape index (κ1) is 12.6. The first-order chi connectivity index (χ1) is 7.58. The van der Waals surface area contributed by atoms with Gasteiger partial charge in [0.25, 0.3) is 5.92 Å². The summed E-state index contributed by atoms with van der Waals surface area (Å²) >= 11 is 5.42. The van der Waals surface area contributed by atoms with E-state index < -0.39 is 34.6 Å². The molecule has 1 unspecified atom stereocenters. The number of halogens is 6. The zero-order chi connectivity index (χ0) is 13.1. The second kappa shape index (κ2) is 3.32. The Balaban J connectivity index is 2.40. The monoisotopic (exact) mass is 271 g/mol. The summed E-state index contributed by atoms with van der Waals surface area (Å²) in [5.41, 5.74) is 2.35. The molecule has 1 nitrogen and oxygen atoms in total. The summed E-state index contributed by atoms with van der Waals surface area (Å²) in [4.78, 5) is 0. The summed E-state index contributed by atoms with van der Waals surface area (Å²) in [5.74, 6) is -3.09. The zero-order valence-electron chi connectivity index (χ0n) is 8.28. The Bertz CT molecular complexity index is 470. The van der Waals surface area contributed by atoms with Crippen LogP contribution in [0.4, 0.5) is 22.0 Å². The van der Waals surface area contributed by atoms with Gasteiger partial charge in [0.05, 0.1) is 10.6 Å². The molecule has 1 aliphatic rings. The zero-order valence-corrected chi connectivity index (χ0v) is 9.04. The largest absolute Gasteiger partial charge is 0.417 e. The van der Waals surface area contributed by atoms with Crippen molar-refractivity contribution in [2.75, 3.05) is 0 Å². The lowest BCUT2D eigenvalue weighted by Gasteiger charge is -2.14. The van der Waals surface area contributed by atoms with Crippen molar-refractivity contribution in [2.45, 2.75) is 24.1 Å². The van der Waals surface area contributed by atoms with E-state index in [0.29, 0.717) is 6.07 Å². The van der Waals surface area contributed by atoms with Gasteiger partial charge in [0.1, 0.15) is 5.54 Å². The minimum absolute atomic E-state index is 0.0829. The molecule has 0 radical (unpaired) electrons. The third-order valence-corrected chi connectivity index (χ3v) is 3.13. The average molecular weight is 272 g/mol. The van der Waals surface area contributed by atoms with Gasteiger partial charge in [-0.25, -0.2) is 8.78 Å². The fourth-order valence-corrected chi connectivity index (χ4v) is 1.93. The smallest absolute Gasteiger partial charge is 0.316 e. The Morgan fingerprint density at radius 3 is 2.12 bits per heavy atom. The van der Waals surface area contributed by atoms with Crippen molar-refractivity contribution in [3.8, 4) is 0 Å². The molecule has 1 aromatic rings. The van der Waals surface area contributed by atoms with Gasteiger partial charge < -0.3 is 5.73 Å². The van der Waals surface area contributed by atoms with Crippen LogP contribution in [0.1, 0.15) is 17.5 Å². The lowest BCUT2D eigenvalue weighted by molar-refractivity contribution is -0.137. The molecule has 0 amide bonds. The standard InChI is InChI=1S/C10H7ClF5N/c11-7-3-5(8(17)4-9(8,12)13)1-2-6(7)10(14,15)16/h1-3H,4,17H2. The molecule has 1 atom stereocenters. The van der Waals surface area contributed by atoms with Gasteiger partial charge in [-0.05, 0) is 17.7 Å². The highest BCUT2D eigenvalue weighted by molar-refractivity contribution is 6.31. The Morgan fingerprint density at radius 2 is 1.76 bits per heavy atom. The van der Waals surface area contributed by atoms with Crippen LogP contribution in [-0.4, -0.2) is 5.92 Å². The molecule has 0 heterocycles. The van der Waals surface area contributed by atoms with Crippen LogP contribution in [-0.2, 0) is 11.7 Å². The van der Waals surface area contributed by atoms with E-state index in [1.807, 2.05) is 0 Å². The normalized spacial score (nSPS) is 27.0. The predicted octanol–water partition coefficient (Wildman–Crippen LogP) is 3.55. The van der Waals surface area contributed by atoms with Gasteiger partial charge in [0, 0.05) is 6.42 Å². The first-order valence-electron chi connectivity index (χ1n) is 4.62. The molecule has 2 N–H and O–H groups in total. The fraction of sp³-hybridized carbons (Fsp3) is 0.400. The van der Waals surface area contributed by atoms with Crippen LogP contribution in [0, 0.1) is 0 Å². The minimum atomic E-state index is -4.61. The van der Waals surface area contributed by atoms with Crippen LogP contribution in [0.15, 0.2) is 18.2 Å². The summed E-state index contributed by atoms with van der Waals surface area (Å²) in [6, 6.07) is 2.46.